The maximum absolute atomic E-state index is 11.4. The van der Waals surface area contributed by atoms with E-state index in [0.717, 1.165) is 13.0 Å². The van der Waals surface area contributed by atoms with Crippen molar-refractivity contribution in [3.8, 4) is 0 Å². The summed E-state index contributed by atoms with van der Waals surface area (Å²) >= 11 is 0. The van der Waals surface area contributed by atoms with Gasteiger partial charge in [-0.05, 0) is 18.1 Å². The van der Waals surface area contributed by atoms with Crippen molar-refractivity contribution in [3.05, 3.63) is 48.6 Å². The molecule has 0 radical (unpaired) electrons. The number of rotatable bonds is 4. The molecule has 0 saturated carbocycles. The van der Waals surface area contributed by atoms with Gasteiger partial charge in [-0.3, -0.25) is 4.79 Å². The van der Waals surface area contributed by atoms with Gasteiger partial charge in [-0.25, -0.2) is 0 Å². The predicted octanol–water partition coefficient (Wildman–Crippen LogP) is 1.99. The number of amides is 1. The lowest BCUT2D eigenvalue weighted by Crippen LogP contribution is -2.28. The Hall–Kier alpha value is -1.61. The van der Waals surface area contributed by atoms with Crippen LogP contribution in [0.5, 0.6) is 0 Å². The Bertz CT molecular complexity index is 388. The van der Waals surface area contributed by atoms with E-state index in [1.807, 2.05) is 30.3 Å². The van der Waals surface area contributed by atoms with Gasteiger partial charge >= 0.3 is 0 Å². The molecule has 0 spiro atoms. The first kappa shape index (κ1) is 11.9. The first-order valence-electron chi connectivity index (χ1n) is 5.86. The Labute approximate surface area is 102 Å². The van der Waals surface area contributed by atoms with E-state index in [4.69, 9.17) is 4.74 Å². The maximum Gasteiger partial charge on any atom is 0.246 e. The molecule has 1 unspecified atom stereocenters. The van der Waals surface area contributed by atoms with Crippen LogP contribution in [0.2, 0.25) is 0 Å². The van der Waals surface area contributed by atoms with Gasteiger partial charge in [-0.15, -0.1) is 0 Å². The molecular weight excluding hydrogens is 214 g/mol. The Morgan fingerprint density at radius 2 is 2.24 bits per heavy atom. The summed E-state index contributed by atoms with van der Waals surface area (Å²) in [6.45, 7) is 5.55. The fourth-order valence-electron chi connectivity index (χ4n) is 1.98. The van der Waals surface area contributed by atoms with E-state index in [1.165, 1.54) is 11.6 Å². The average Bonchev–Trinajstić information content (AvgIpc) is 2.85. The van der Waals surface area contributed by atoms with Crippen LogP contribution in [0.3, 0.4) is 0 Å². The summed E-state index contributed by atoms with van der Waals surface area (Å²) in [6, 6.07) is 10.1. The molecule has 0 N–H and O–H groups in total. The van der Waals surface area contributed by atoms with Crippen LogP contribution in [-0.4, -0.2) is 30.0 Å². The van der Waals surface area contributed by atoms with Gasteiger partial charge in [0, 0.05) is 13.1 Å². The lowest BCUT2D eigenvalue weighted by atomic mass is 10.2. The predicted molar refractivity (Wildman–Crippen MR) is 66.4 cm³/mol. The summed E-state index contributed by atoms with van der Waals surface area (Å²) < 4.78 is 5.79. The SMILES string of the molecule is C=CC(=O)N1CCC(OCc2ccccc2)C1. The molecule has 17 heavy (non-hydrogen) atoms. The number of ether oxygens (including phenoxy) is 1. The van der Waals surface area contributed by atoms with Crippen LogP contribution in [0.4, 0.5) is 0 Å². The van der Waals surface area contributed by atoms with Crippen molar-refractivity contribution in [2.75, 3.05) is 13.1 Å². The minimum absolute atomic E-state index is 0.00388. The Kier molecular flexibility index (Phi) is 3.94. The quantitative estimate of drug-likeness (QED) is 0.742. The highest BCUT2D eigenvalue weighted by molar-refractivity contribution is 5.87. The summed E-state index contributed by atoms with van der Waals surface area (Å²) in [5.74, 6) is -0.00388. The fourth-order valence-corrected chi connectivity index (χ4v) is 1.98. The number of hydrogen-bond donors (Lipinski definition) is 0. The molecule has 0 aromatic heterocycles. The molecule has 1 heterocycles. The Morgan fingerprint density at radius 1 is 1.47 bits per heavy atom. The second-order valence-corrected chi connectivity index (χ2v) is 4.20. The van der Waals surface area contributed by atoms with Gasteiger partial charge in [-0.2, -0.15) is 0 Å². The van der Waals surface area contributed by atoms with Gasteiger partial charge in [0.1, 0.15) is 0 Å². The van der Waals surface area contributed by atoms with E-state index < -0.39 is 0 Å². The molecule has 1 aromatic carbocycles. The van der Waals surface area contributed by atoms with Crippen LogP contribution in [0.15, 0.2) is 43.0 Å². The second-order valence-electron chi connectivity index (χ2n) is 4.20. The van der Waals surface area contributed by atoms with Crippen LogP contribution in [0, 0.1) is 0 Å². The van der Waals surface area contributed by atoms with Gasteiger partial charge in [-0.1, -0.05) is 36.9 Å². The van der Waals surface area contributed by atoms with Crippen LogP contribution >= 0.6 is 0 Å². The summed E-state index contributed by atoms with van der Waals surface area (Å²) in [4.78, 5) is 13.2. The summed E-state index contributed by atoms with van der Waals surface area (Å²) in [6.07, 6.45) is 2.42. The van der Waals surface area contributed by atoms with Crippen molar-refractivity contribution >= 4 is 5.91 Å². The third kappa shape index (κ3) is 3.17. The van der Waals surface area contributed by atoms with Crippen LogP contribution in [0.1, 0.15) is 12.0 Å². The average molecular weight is 231 g/mol. The summed E-state index contributed by atoms with van der Waals surface area (Å²) in [5.41, 5.74) is 1.17. The van der Waals surface area contributed by atoms with Crippen molar-refractivity contribution in [2.45, 2.75) is 19.1 Å². The van der Waals surface area contributed by atoms with Crippen LogP contribution in [-0.2, 0) is 16.1 Å². The number of nitrogens with zero attached hydrogens (tertiary/aromatic N) is 1. The normalized spacial score (nSPS) is 19.3. The molecule has 1 atom stereocenters. The van der Waals surface area contributed by atoms with E-state index in [0.29, 0.717) is 13.2 Å². The van der Waals surface area contributed by atoms with Crippen molar-refractivity contribution in [1.82, 2.24) is 4.90 Å². The summed E-state index contributed by atoms with van der Waals surface area (Å²) in [7, 11) is 0. The highest BCUT2D eigenvalue weighted by Crippen LogP contribution is 2.15. The van der Waals surface area contributed by atoms with Gasteiger partial charge in [0.15, 0.2) is 0 Å². The Morgan fingerprint density at radius 3 is 2.94 bits per heavy atom. The first-order chi connectivity index (χ1) is 8.29. The zero-order valence-corrected chi connectivity index (χ0v) is 9.84. The highest BCUT2D eigenvalue weighted by atomic mass is 16.5. The molecule has 1 aromatic rings. The molecule has 0 bridgehead atoms. The number of carbonyl (C=O) groups excluding carboxylic acids is 1. The zero-order chi connectivity index (χ0) is 12.1. The molecule has 1 aliphatic heterocycles. The van der Waals surface area contributed by atoms with E-state index in [9.17, 15) is 4.79 Å². The van der Waals surface area contributed by atoms with Crippen LogP contribution in [0.25, 0.3) is 0 Å². The first-order valence-corrected chi connectivity index (χ1v) is 5.86. The van der Waals surface area contributed by atoms with Crippen molar-refractivity contribution in [2.24, 2.45) is 0 Å². The van der Waals surface area contributed by atoms with Crippen molar-refractivity contribution in [1.29, 1.82) is 0 Å². The third-order valence-corrected chi connectivity index (χ3v) is 2.96. The molecule has 1 aliphatic rings. The second kappa shape index (κ2) is 5.64. The van der Waals surface area contributed by atoms with Gasteiger partial charge in [0.25, 0.3) is 0 Å². The fraction of sp³-hybridized carbons (Fsp3) is 0.357. The zero-order valence-electron chi connectivity index (χ0n) is 9.84. The minimum atomic E-state index is -0.00388. The molecule has 1 fully saturated rings. The lowest BCUT2D eigenvalue weighted by Gasteiger charge is -2.14. The topological polar surface area (TPSA) is 29.5 Å². The van der Waals surface area contributed by atoms with Crippen molar-refractivity contribution in [3.63, 3.8) is 0 Å². The van der Waals surface area contributed by atoms with Crippen molar-refractivity contribution < 1.29 is 9.53 Å². The third-order valence-electron chi connectivity index (χ3n) is 2.96. The molecular formula is C14H17NO2. The van der Waals surface area contributed by atoms with E-state index in [-0.39, 0.29) is 12.0 Å². The Balaban J connectivity index is 1.79. The largest absolute Gasteiger partial charge is 0.372 e. The highest BCUT2D eigenvalue weighted by Gasteiger charge is 2.25. The van der Waals surface area contributed by atoms with E-state index in [2.05, 4.69) is 6.58 Å². The molecule has 1 saturated heterocycles. The smallest absolute Gasteiger partial charge is 0.246 e. The molecule has 2 rings (SSSR count). The van der Waals surface area contributed by atoms with Gasteiger partial charge < -0.3 is 9.64 Å². The molecule has 0 aliphatic carbocycles. The van der Waals surface area contributed by atoms with Crippen LogP contribution < -0.4 is 0 Å². The summed E-state index contributed by atoms with van der Waals surface area (Å²) in [5, 5.41) is 0. The number of likely N-dealkylation sites (tertiary alicyclic amines) is 1. The van der Waals surface area contributed by atoms with Gasteiger partial charge in [0.2, 0.25) is 5.91 Å². The number of carbonyl (C=O) groups is 1. The lowest BCUT2D eigenvalue weighted by molar-refractivity contribution is -0.125. The molecule has 1 amide bonds. The number of benzene rings is 1. The van der Waals surface area contributed by atoms with E-state index >= 15 is 0 Å². The van der Waals surface area contributed by atoms with Gasteiger partial charge in [0.05, 0.1) is 12.7 Å². The molecule has 90 valence electrons. The monoisotopic (exact) mass is 231 g/mol. The maximum atomic E-state index is 11.4. The minimum Gasteiger partial charge on any atom is -0.372 e. The standard InChI is InChI=1S/C14H17NO2/c1-2-14(16)15-9-8-13(10-15)17-11-12-6-4-3-5-7-12/h2-7,13H,1,8-11H2. The van der Waals surface area contributed by atoms with E-state index in [1.54, 1.807) is 4.90 Å². The number of hydrogen-bond acceptors (Lipinski definition) is 2. The molecule has 3 heteroatoms. The molecule has 3 nitrogen and oxygen atoms in total.